The van der Waals surface area contributed by atoms with Gasteiger partial charge in [-0.25, -0.2) is 9.97 Å². The first kappa shape index (κ1) is 12.2. The molecule has 0 unspecified atom stereocenters. The van der Waals surface area contributed by atoms with Gasteiger partial charge in [0, 0.05) is 0 Å². The van der Waals surface area contributed by atoms with E-state index in [1.165, 1.54) is 6.07 Å². The molecule has 0 radical (unpaired) electrons. The van der Waals surface area contributed by atoms with Crippen molar-refractivity contribution in [2.75, 3.05) is 5.73 Å². The zero-order valence-corrected chi connectivity index (χ0v) is 8.47. The van der Waals surface area contributed by atoms with Crippen LogP contribution in [0.4, 0.5) is 19.1 Å². The number of aromatic nitrogens is 2. The molecule has 0 aliphatic rings. The topological polar surface area (TPSA) is 75.6 Å². The van der Waals surface area contributed by atoms with E-state index in [2.05, 4.69) is 9.97 Å². The number of halogens is 3. The normalized spacial score (nSPS) is 11.2. The second-order valence-corrected chi connectivity index (χ2v) is 3.11. The van der Waals surface area contributed by atoms with Crippen LogP contribution < -0.4 is 5.73 Å². The molecular formula is C9H9F3N4. The number of nitrogens with zero attached hydrogens (tertiary/aromatic N) is 3. The molecule has 0 saturated heterocycles. The lowest BCUT2D eigenvalue weighted by atomic mass is 10.1. The highest BCUT2D eigenvalue weighted by Gasteiger charge is 2.37. The molecule has 0 spiro atoms. The molecule has 1 rings (SSSR count). The summed E-state index contributed by atoms with van der Waals surface area (Å²) in [6.45, 7) is 1.77. The van der Waals surface area contributed by atoms with Gasteiger partial charge in [0.15, 0.2) is 5.69 Å². The number of nitrogens with two attached hydrogens (primary N) is 1. The Bertz CT molecular complexity index is 434. The molecule has 0 atom stereocenters. The predicted molar refractivity (Wildman–Crippen MR) is 50.2 cm³/mol. The van der Waals surface area contributed by atoms with Crippen LogP contribution in [0.3, 0.4) is 0 Å². The van der Waals surface area contributed by atoms with E-state index in [9.17, 15) is 13.2 Å². The zero-order valence-electron chi connectivity index (χ0n) is 8.47. The van der Waals surface area contributed by atoms with Gasteiger partial charge >= 0.3 is 6.18 Å². The number of hydrogen-bond donors (Lipinski definition) is 1. The molecule has 86 valence electrons. The van der Waals surface area contributed by atoms with E-state index >= 15 is 0 Å². The fourth-order valence-corrected chi connectivity index (χ4v) is 1.27. The van der Waals surface area contributed by atoms with Crippen molar-refractivity contribution < 1.29 is 13.2 Å². The summed E-state index contributed by atoms with van der Waals surface area (Å²) in [7, 11) is 0. The van der Waals surface area contributed by atoms with Crippen LogP contribution in [0.15, 0.2) is 0 Å². The first-order chi connectivity index (χ1) is 7.40. The van der Waals surface area contributed by atoms with Crippen molar-refractivity contribution in [2.45, 2.75) is 25.9 Å². The van der Waals surface area contributed by atoms with Crippen LogP contribution in [-0.2, 0) is 12.6 Å². The Hall–Kier alpha value is -1.84. The quantitative estimate of drug-likeness (QED) is 0.841. The highest BCUT2D eigenvalue weighted by Crippen LogP contribution is 2.31. The zero-order chi connectivity index (χ0) is 12.3. The second-order valence-electron chi connectivity index (χ2n) is 3.11. The first-order valence-corrected chi connectivity index (χ1v) is 4.53. The third-order valence-corrected chi connectivity index (χ3v) is 1.87. The number of aryl methyl sites for hydroxylation is 1. The summed E-state index contributed by atoms with van der Waals surface area (Å²) in [6, 6.07) is 1.48. The van der Waals surface area contributed by atoms with E-state index in [0.717, 1.165) is 0 Å². The predicted octanol–water partition coefficient (Wildman–Crippen LogP) is 1.90. The van der Waals surface area contributed by atoms with E-state index < -0.39 is 23.4 Å². The van der Waals surface area contributed by atoms with Crippen molar-refractivity contribution in [1.29, 1.82) is 5.26 Å². The molecule has 0 aliphatic heterocycles. The largest absolute Gasteiger partial charge is 0.434 e. The minimum Gasteiger partial charge on any atom is -0.368 e. The summed E-state index contributed by atoms with van der Waals surface area (Å²) >= 11 is 0. The lowest BCUT2D eigenvalue weighted by Crippen LogP contribution is -2.16. The molecule has 0 saturated carbocycles. The standard InChI is InChI=1S/C9H9F3N4/c1-2-3-6-5(4-13)7(9(10,11)12)16-8(14)15-6/h2-3H2,1H3,(H2,14,15,16). The molecule has 2 N–H and O–H groups in total. The maximum Gasteiger partial charge on any atom is 0.434 e. The number of rotatable bonds is 2. The summed E-state index contributed by atoms with van der Waals surface area (Å²) in [6.07, 6.45) is -3.86. The SMILES string of the molecule is CCCc1nc(N)nc(C(F)(F)F)c1C#N. The lowest BCUT2D eigenvalue weighted by molar-refractivity contribution is -0.141. The fourth-order valence-electron chi connectivity index (χ4n) is 1.27. The molecule has 0 aromatic carbocycles. The van der Waals surface area contributed by atoms with E-state index in [1.54, 1.807) is 6.92 Å². The number of alkyl halides is 3. The Labute approximate surface area is 89.9 Å². The molecule has 4 nitrogen and oxygen atoms in total. The van der Waals surface area contributed by atoms with Crippen LogP contribution in [0, 0.1) is 11.3 Å². The number of nitrogen functional groups attached to an aromatic ring is 1. The lowest BCUT2D eigenvalue weighted by Gasteiger charge is -2.10. The van der Waals surface area contributed by atoms with Gasteiger partial charge in [-0.15, -0.1) is 0 Å². The average molecular weight is 230 g/mol. The molecule has 1 heterocycles. The summed E-state index contributed by atoms with van der Waals surface area (Å²) in [5.41, 5.74) is 3.43. The number of anilines is 1. The van der Waals surface area contributed by atoms with Crippen molar-refractivity contribution in [3.05, 3.63) is 17.0 Å². The van der Waals surface area contributed by atoms with E-state index in [0.29, 0.717) is 6.42 Å². The Morgan fingerprint density at radius 2 is 2.00 bits per heavy atom. The highest BCUT2D eigenvalue weighted by atomic mass is 19.4. The summed E-state index contributed by atoms with van der Waals surface area (Å²) in [5, 5.41) is 8.71. The molecule has 1 aromatic rings. The van der Waals surface area contributed by atoms with Crippen molar-refractivity contribution >= 4 is 5.95 Å². The van der Waals surface area contributed by atoms with Gasteiger partial charge in [0.05, 0.1) is 5.69 Å². The van der Waals surface area contributed by atoms with Crippen LogP contribution in [-0.4, -0.2) is 9.97 Å². The van der Waals surface area contributed by atoms with Gasteiger partial charge in [0.2, 0.25) is 5.95 Å². The van der Waals surface area contributed by atoms with Gasteiger partial charge in [-0.2, -0.15) is 18.4 Å². The third kappa shape index (κ3) is 2.39. The summed E-state index contributed by atoms with van der Waals surface area (Å²) < 4.78 is 37.6. The minimum atomic E-state index is -4.69. The average Bonchev–Trinajstić information content (AvgIpc) is 2.16. The van der Waals surface area contributed by atoms with E-state index in [-0.39, 0.29) is 12.1 Å². The van der Waals surface area contributed by atoms with Crippen LogP contribution in [0.25, 0.3) is 0 Å². The van der Waals surface area contributed by atoms with Gasteiger partial charge in [-0.1, -0.05) is 13.3 Å². The fraction of sp³-hybridized carbons (Fsp3) is 0.444. The van der Waals surface area contributed by atoms with Crippen molar-refractivity contribution in [1.82, 2.24) is 9.97 Å². The summed E-state index contributed by atoms with van der Waals surface area (Å²) in [5.74, 6) is -0.463. The Balaban J connectivity index is 3.44. The van der Waals surface area contributed by atoms with Gasteiger partial charge in [0.1, 0.15) is 11.6 Å². The second kappa shape index (κ2) is 4.35. The maximum atomic E-state index is 12.5. The molecule has 1 aromatic heterocycles. The maximum absolute atomic E-state index is 12.5. The first-order valence-electron chi connectivity index (χ1n) is 4.53. The molecule has 7 heteroatoms. The van der Waals surface area contributed by atoms with Crippen LogP contribution in [0.1, 0.15) is 30.3 Å². The number of nitriles is 1. The molecule has 16 heavy (non-hydrogen) atoms. The van der Waals surface area contributed by atoms with Gasteiger partial charge in [-0.05, 0) is 6.42 Å². The third-order valence-electron chi connectivity index (χ3n) is 1.87. The van der Waals surface area contributed by atoms with Crippen LogP contribution in [0.5, 0.6) is 0 Å². The van der Waals surface area contributed by atoms with Crippen molar-refractivity contribution in [2.24, 2.45) is 0 Å². The Morgan fingerprint density at radius 3 is 2.44 bits per heavy atom. The van der Waals surface area contributed by atoms with E-state index in [1.807, 2.05) is 0 Å². The minimum absolute atomic E-state index is 0.0461. The highest BCUT2D eigenvalue weighted by molar-refractivity contribution is 5.42. The Morgan fingerprint density at radius 1 is 1.38 bits per heavy atom. The monoisotopic (exact) mass is 230 g/mol. The molecule has 0 aliphatic carbocycles. The number of hydrogen-bond acceptors (Lipinski definition) is 4. The molecule has 0 bridgehead atoms. The van der Waals surface area contributed by atoms with E-state index in [4.69, 9.17) is 11.0 Å². The summed E-state index contributed by atoms with van der Waals surface area (Å²) in [4.78, 5) is 6.73. The van der Waals surface area contributed by atoms with Crippen molar-refractivity contribution in [3.63, 3.8) is 0 Å². The van der Waals surface area contributed by atoms with Gasteiger partial charge in [0.25, 0.3) is 0 Å². The molecular weight excluding hydrogens is 221 g/mol. The van der Waals surface area contributed by atoms with Gasteiger partial charge in [-0.3, -0.25) is 0 Å². The Kier molecular flexibility index (Phi) is 3.32. The van der Waals surface area contributed by atoms with Crippen LogP contribution in [0.2, 0.25) is 0 Å². The molecule has 0 amide bonds. The van der Waals surface area contributed by atoms with Crippen LogP contribution >= 0.6 is 0 Å². The smallest absolute Gasteiger partial charge is 0.368 e. The van der Waals surface area contributed by atoms with Gasteiger partial charge < -0.3 is 5.73 Å². The molecule has 0 fully saturated rings. The van der Waals surface area contributed by atoms with Crippen molar-refractivity contribution in [3.8, 4) is 6.07 Å².